The largest absolute Gasteiger partial charge is 0.446 e. The van der Waals surface area contributed by atoms with E-state index in [1.165, 1.54) is 14.1 Å². The van der Waals surface area contributed by atoms with E-state index in [2.05, 4.69) is 10.0 Å². The van der Waals surface area contributed by atoms with E-state index in [4.69, 9.17) is 4.74 Å². The number of hydrogen-bond acceptors (Lipinski definition) is 4. The monoisotopic (exact) mass is 341 g/mol. The summed E-state index contributed by atoms with van der Waals surface area (Å²) in [6, 6.07) is 8.83. The van der Waals surface area contributed by atoms with E-state index < -0.39 is 16.3 Å². The fourth-order valence-electron chi connectivity index (χ4n) is 2.50. The number of anilines is 1. The average Bonchev–Trinajstić information content (AvgIpc) is 2.47. The van der Waals surface area contributed by atoms with Crippen molar-refractivity contribution in [2.45, 2.75) is 37.8 Å². The molecule has 2 atom stereocenters. The van der Waals surface area contributed by atoms with Gasteiger partial charge in [0.25, 0.3) is 10.2 Å². The van der Waals surface area contributed by atoms with Crippen molar-refractivity contribution < 1.29 is 17.9 Å². The molecule has 0 aliphatic heterocycles. The summed E-state index contributed by atoms with van der Waals surface area (Å²) in [6.45, 7) is 0. The van der Waals surface area contributed by atoms with Gasteiger partial charge in [-0.2, -0.15) is 17.4 Å². The van der Waals surface area contributed by atoms with Crippen molar-refractivity contribution >= 4 is 22.0 Å². The predicted molar refractivity (Wildman–Crippen MR) is 88.3 cm³/mol. The number of nitrogens with zero attached hydrogens (tertiary/aromatic N) is 1. The Labute approximate surface area is 137 Å². The van der Waals surface area contributed by atoms with E-state index in [1.807, 2.05) is 18.2 Å². The van der Waals surface area contributed by atoms with Gasteiger partial charge in [0.05, 0.1) is 0 Å². The van der Waals surface area contributed by atoms with Crippen molar-refractivity contribution in [2.75, 3.05) is 19.4 Å². The van der Waals surface area contributed by atoms with Crippen LogP contribution in [-0.4, -0.2) is 45.1 Å². The Balaban J connectivity index is 1.85. The Hall–Kier alpha value is -1.64. The highest BCUT2D eigenvalue weighted by Crippen LogP contribution is 2.22. The van der Waals surface area contributed by atoms with Crippen LogP contribution in [0, 0.1) is 0 Å². The molecule has 0 unspecified atom stereocenters. The molecular formula is C15H23N3O4S. The minimum Gasteiger partial charge on any atom is -0.446 e. The van der Waals surface area contributed by atoms with Gasteiger partial charge in [0.2, 0.25) is 0 Å². The SMILES string of the molecule is CN(C)S(=O)(=O)N[C@@H]1CCC[C@H](OC(=O)Nc2ccccc2)C1. The van der Waals surface area contributed by atoms with Crippen molar-refractivity contribution in [3.8, 4) is 0 Å². The molecule has 0 heterocycles. The van der Waals surface area contributed by atoms with Crippen LogP contribution in [0.4, 0.5) is 10.5 Å². The highest BCUT2D eigenvalue weighted by Gasteiger charge is 2.28. The van der Waals surface area contributed by atoms with Crippen LogP contribution in [0.25, 0.3) is 0 Å². The summed E-state index contributed by atoms with van der Waals surface area (Å²) >= 11 is 0. The van der Waals surface area contributed by atoms with E-state index in [9.17, 15) is 13.2 Å². The molecule has 1 aromatic carbocycles. The molecule has 0 aromatic heterocycles. The van der Waals surface area contributed by atoms with Gasteiger partial charge in [0.1, 0.15) is 6.10 Å². The van der Waals surface area contributed by atoms with Gasteiger partial charge in [0, 0.05) is 32.2 Å². The Morgan fingerprint density at radius 2 is 1.91 bits per heavy atom. The number of hydrogen-bond donors (Lipinski definition) is 2. The maximum atomic E-state index is 11.9. The van der Waals surface area contributed by atoms with Crippen LogP contribution in [-0.2, 0) is 14.9 Å². The first kappa shape index (κ1) is 17.7. The minimum absolute atomic E-state index is 0.217. The topological polar surface area (TPSA) is 87.7 Å². The number of rotatable bonds is 5. The molecule has 23 heavy (non-hydrogen) atoms. The lowest BCUT2D eigenvalue weighted by molar-refractivity contribution is 0.0791. The molecule has 0 bridgehead atoms. The zero-order valence-corrected chi connectivity index (χ0v) is 14.2. The first-order valence-electron chi connectivity index (χ1n) is 7.59. The van der Waals surface area contributed by atoms with E-state index in [1.54, 1.807) is 12.1 Å². The summed E-state index contributed by atoms with van der Waals surface area (Å²) < 4.78 is 32.9. The van der Waals surface area contributed by atoms with Gasteiger partial charge in [-0.3, -0.25) is 5.32 Å². The Morgan fingerprint density at radius 3 is 2.57 bits per heavy atom. The number of carbonyl (C=O) groups excluding carboxylic acids is 1. The van der Waals surface area contributed by atoms with Gasteiger partial charge in [-0.05, 0) is 31.4 Å². The zero-order chi connectivity index (χ0) is 16.9. The van der Waals surface area contributed by atoms with Crippen LogP contribution in [0.1, 0.15) is 25.7 Å². The summed E-state index contributed by atoms with van der Waals surface area (Å²) in [5.41, 5.74) is 0.665. The second-order valence-electron chi connectivity index (χ2n) is 5.79. The van der Waals surface area contributed by atoms with Gasteiger partial charge in [-0.1, -0.05) is 18.2 Å². The van der Waals surface area contributed by atoms with Gasteiger partial charge >= 0.3 is 6.09 Å². The predicted octanol–water partition coefficient (Wildman–Crippen LogP) is 1.94. The van der Waals surface area contributed by atoms with Crippen LogP contribution >= 0.6 is 0 Å². The second-order valence-corrected chi connectivity index (χ2v) is 7.70. The van der Waals surface area contributed by atoms with E-state index in [0.29, 0.717) is 12.1 Å². The summed E-state index contributed by atoms with van der Waals surface area (Å²) in [5.74, 6) is 0. The number of nitrogens with one attached hydrogen (secondary N) is 2. The maximum Gasteiger partial charge on any atom is 0.411 e. The zero-order valence-electron chi connectivity index (χ0n) is 13.4. The molecule has 2 rings (SSSR count). The Bertz CT molecular complexity index is 619. The molecule has 0 spiro atoms. The second kappa shape index (κ2) is 7.76. The minimum atomic E-state index is -3.47. The molecule has 128 valence electrons. The first-order valence-corrected chi connectivity index (χ1v) is 9.03. The summed E-state index contributed by atoms with van der Waals surface area (Å²) in [6.07, 6.45) is 1.97. The van der Waals surface area contributed by atoms with Crippen molar-refractivity contribution in [3.05, 3.63) is 30.3 Å². The van der Waals surface area contributed by atoms with E-state index in [0.717, 1.165) is 23.6 Å². The van der Waals surface area contributed by atoms with Crippen molar-refractivity contribution in [2.24, 2.45) is 0 Å². The lowest BCUT2D eigenvalue weighted by Gasteiger charge is -2.30. The number of para-hydroxylation sites is 1. The normalized spacial score (nSPS) is 21.9. The average molecular weight is 341 g/mol. The standard InChI is InChI=1S/C15H23N3O4S/c1-18(2)23(20,21)17-13-9-6-10-14(11-13)22-15(19)16-12-7-4-3-5-8-12/h3-5,7-8,13-14,17H,6,9-11H2,1-2H3,(H,16,19)/t13-,14+/m1/s1. The van der Waals surface area contributed by atoms with Crippen LogP contribution in [0.15, 0.2) is 30.3 Å². The molecule has 0 radical (unpaired) electrons. The fourth-order valence-corrected chi connectivity index (χ4v) is 3.34. The number of ether oxygens (including phenoxy) is 1. The van der Waals surface area contributed by atoms with Crippen molar-refractivity contribution in [3.63, 3.8) is 0 Å². The molecule has 1 aliphatic rings. The Morgan fingerprint density at radius 1 is 1.22 bits per heavy atom. The molecule has 7 nitrogen and oxygen atoms in total. The molecular weight excluding hydrogens is 318 g/mol. The fraction of sp³-hybridized carbons (Fsp3) is 0.533. The first-order chi connectivity index (χ1) is 10.9. The van der Waals surface area contributed by atoms with Gasteiger partial charge in [0.15, 0.2) is 0 Å². The van der Waals surface area contributed by atoms with Crippen molar-refractivity contribution in [1.82, 2.24) is 9.03 Å². The highest BCUT2D eigenvalue weighted by atomic mass is 32.2. The maximum absolute atomic E-state index is 11.9. The third-order valence-corrected chi connectivity index (χ3v) is 5.31. The molecule has 1 aromatic rings. The Kier molecular flexibility index (Phi) is 5.97. The third-order valence-electron chi connectivity index (χ3n) is 3.72. The molecule has 2 N–H and O–H groups in total. The lowest BCUT2D eigenvalue weighted by Crippen LogP contribution is -2.45. The molecule has 0 saturated heterocycles. The molecule has 8 heteroatoms. The third kappa shape index (κ3) is 5.49. The molecule has 1 aliphatic carbocycles. The lowest BCUT2D eigenvalue weighted by atomic mass is 9.94. The van der Waals surface area contributed by atoms with Crippen LogP contribution in [0.2, 0.25) is 0 Å². The van der Waals surface area contributed by atoms with E-state index in [-0.39, 0.29) is 12.1 Å². The van der Waals surface area contributed by atoms with Crippen molar-refractivity contribution in [1.29, 1.82) is 0 Å². The molecule has 1 fully saturated rings. The van der Waals surface area contributed by atoms with Gasteiger partial charge in [-0.25, -0.2) is 4.79 Å². The van der Waals surface area contributed by atoms with Gasteiger partial charge in [-0.15, -0.1) is 0 Å². The number of carbonyl (C=O) groups is 1. The smallest absolute Gasteiger partial charge is 0.411 e. The summed E-state index contributed by atoms with van der Waals surface area (Å²) in [7, 11) is -0.514. The van der Waals surface area contributed by atoms with E-state index >= 15 is 0 Å². The highest BCUT2D eigenvalue weighted by molar-refractivity contribution is 7.87. The number of benzene rings is 1. The summed E-state index contributed by atoms with van der Waals surface area (Å²) in [5, 5.41) is 2.66. The summed E-state index contributed by atoms with van der Waals surface area (Å²) in [4.78, 5) is 11.9. The number of amides is 1. The van der Waals surface area contributed by atoms with Crippen LogP contribution in [0.3, 0.4) is 0 Å². The quantitative estimate of drug-likeness (QED) is 0.857. The molecule has 1 saturated carbocycles. The van der Waals surface area contributed by atoms with Crippen LogP contribution < -0.4 is 10.0 Å². The molecule has 1 amide bonds. The van der Waals surface area contributed by atoms with Gasteiger partial charge < -0.3 is 4.74 Å². The van der Waals surface area contributed by atoms with Crippen LogP contribution in [0.5, 0.6) is 0 Å².